The third kappa shape index (κ3) is 2.82. The van der Waals surface area contributed by atoms with Crippen molar-refractivity contribution in [3.63, 3.8) is 0 Å². The molecular weight excluding hydrogens is 256 g/mol. The van der Waals surface area contributed by atoms with E-state index in [1.54, 1.807) is 6.92 Å². The van der Waals surface area contributed by atoms with E-state index in [1.807, 2.05) is 19.9 Å². The zero-order valence-electron chi connectivity index (χ0n) is 12.0. The second-order valence-corrected chi connectivity index (χ2v) is 5.50. The van der Waals surface area contributed by atoms with Crippen LogP contribution in [-0.2, 0) is 4.79 Å². The number of hydrogen-bond donors (Lipinski definition) is 3. The molecule has 0 saturated carbocycles. The molecule has 5 heteroatoms. The lowest BCUT2D eigenvalue weighted by atomic mass is 9.96. The van der Waals surface area contributed by atoms with Gasteiger partial charge in [-0.2, -0.15) is 0 Å². The number of amides is 1. The fraction of sp³-hybridized carbons (Fsp3) is 0.467. The monoisotopic (exact) mass is 276 g/mol. The Balaban J connectivity index is 2.21. The maximum Gasteiger partial charge on any atom is 0.336 e. The summed E-state index contributed by atoms with van der Waals surface area (Å²) in [5.41, 5.74) is 2.37. The zero-order chi connectivity index (χ0) is 14.9. The van der Waals surface area contributed by atoms with Crippen LogP contribution in [0.5, 0.6) is 0 Å². The third-order valence-corrected chi connectivity index (χ3v) is 4.02. The minimum absolute atomic E-state index is 0.0536. The molecule has 20 heavy (non-hydrogen) atoms. The Labute approximate surface area is 118 Å². The normalized spacial score (nSPS) is 21.8. The topological polar surface area (TPSA) is 78.4 Å². The molecule has 0 aromatic heterocycles. The van der Waals surface area contributed by atoms with E-state index in [0.717, 1.165) is 17.7 Å². The fourth-order valence-electron chi connectivity index (χ4n) is 2.55. The van der Waals surface area contributed by atoms with Crippen LogP contribution in [0.3, 0.4) is 0 Å². The Bertz CT molecular complexity index is 554. The molecule has 5 nitrogen and oxygen atoms in total. The number of benzene rings is 1. The van der Waals surface area contributed by atoms with E-state index in [1.165, 1.54) is 6.07 Å². The van der Waals surface area contributed by atoms with Crippen LogP contribution in [-0.4, -0.2) is 30.1 Å². The van der Waals surface area contributed by atoms with Crippen molar-refractivity contribution in [1.29, 1.82) is 0 Å². The summed E-state index contributed by atoms with van der Waals surface area (Å²) in [6, 6.07) is 3.34. The van der Waals surface area contributed by atoms with Crippen LogP contribution >= 0.6 is 0 Å². The SMILES string of the molecule is Cc1cc(NC(=O)[C@@H]2CNC[C@H]2C)cc(C(=O)O)c1C. The van der Waals surface area contributed by atoms with Crippen LogP contribution in [0, 0.1) is 25.7 Å². The van der Waals surface area contributed by atoms with E-state index in [2.05, 4.69) is 10.6 Å². The van der Waals surface area contributed by atoms with Crippen molar-refractivity contribution in [3.05, 3.63) is 28.8 Å². The van der Waals surface area contributed by atoms with Gasteiger partial charge in [-0.15, -0.1) is 0 Å². The second kappa shape index (κ2) is 5.63. The van der Waals surface area contributed by atoms with Gasteiger partial charge in [-0.05, 0) is 49.6 Å². The van der Waals surface area contributed by atoms with Gasteiger partial charge in [0.15, 0.2) is 0 Å². The number of aromatic carboxylic acids is 1. The number of anilines is 1. The van der Waals surface area contributed by atoms with Gasteiger partial charge in [0.2, 0.25) is 5.91 Å². The highest BCUT2D eigenvalue weighted by atomic mass is 16.4. The highest BCUT2D eigenvalue weighted by molar-refractivity contribution is 5.96. The van der Waals surface area contributed by atoms with Gasteiger partial charge in [0.25, 0.3) is 0 Å². The van der Waals surface area contributed by atoms with Gasteiger partial charge < -0.3 is 15.7 Å². The quantitative estimate of drug-likeness (QED) is 0.786. The van der Waals surface area contributed by atoms with Gasteiger partial charge in [-0.25, -0.2) is 4.79 Å². The first-order chi connectivity index (χ1) is 9.40. The minimum Gasteiger partial charge on any atom is -0.478 e. The molecule has 0 radical (unpaired) electrons. The second-order valence-electron chi connectivity index (χ2n) is 5.50. The average molecular weight is 276 g/mol. The number of nitrogens with one attached hydrogen (secondary N) is 2. The summed E-state index contributed by atoms with van der Waals surface area (Å²) in [5, 5.41) is 15.2. The Morgan fingerprint density at radius 3 is 2.55 bits per heavy atom. The number of hydrogen-bond acceptors (Lipinski definition) is 3. The molecule has 1 heterocycles. The number of carbonyl (C=O) groups is 2. The molecule has 1 fully saturated rings. The van der Waals surface area contributed by atoms with E-state index in [4.69, 9.17) is 0 Å². The van der Waals surface area contributed by atoms with Crippen molar-refractivity contribution in [3.8, 4) is 0 Å². The summed E-state index contributed by atoms with van der Waals surface area (Å²) in [6.45, 7) is 7.16. The number of carboxylic acids is 1. The van der Waals surface area contributed by atoms with Gasteiger partial charge in [0.1, 0.15) is 0 Å². The summed E-state index contributed by atoms with van der Waals surface area (Å²) < 4.78 is 0. The number of carboxylic acid groups (broad SMARTS) is 1. The largest absolute Gasteiger partial charge is 0.478 e. The van der Waals surface area contributed by atoms with Gasteiger partial charge in [-0.1, -0.05) is 6.92 Å². The van der Waals surface area contributed by atoms with Crippen molar-refractivity contribution in [2.45, 2.75) is 20.8 Å². The molecule has 1 aliphatic rings. The van der Waals surface area contributed by atoms with Crippen molar-refractivity contribution in [2.75, 3.05) is 18.4 Å². The molecule has 0 aliphatic carbocycles. The van der Waals surface area contributed by atoms with Gasteiger partial charge in [0.05, 0.1) is 11.5 Å². The molecule has 2 rings (SSSR count). The van der Waals surface area contributed by atoms with E-state index >= 15 is 0 Å². The molecule has 1 aliphatic heterocycles. The van der Waals surface area contributed by atoms with E-state index in [9.17, 15) is 14.7 Å². The van der Waals surface area contributed by atoms with Crippen LogP contribution in [0.15, 0.2) is 12.1 Å². The molecule has 108 valence electrons. The summed E-state index contributed by atoms with van der Waals surface area (Å²) in [7, 11) is 0. The predicted octanol–water partition coefficient (Wildman–Crippen LogP) is 1.80. The van der Waals surface area contributed by atoms with Crippen molar-refractivity contribution >= 4 is 17.6 Å². The molecule has 1 amide bonds. The standard InChI is InChI=1S/C15H20N2O3/c1-8-4-11(5-12(10(8)3)15(19)20)17-14(18)13-7-16-6-9(13)2/h4-5,9,13,16H,6-7H2,1-3H3,(H,17,18)(H,19,20)/t9-,13-/m1/s1. The predicted molar refractivity (Wildman–Crippen MR) is 77.0 cm³/mol. The first-order valence-electron chi connectivity index (χ1n) is 6.76. The minimum atomic E-state index is -0.974. The van der Waals surface area contributed by atoms with E-state index in [0.29, 0.717) is 18.2 Å². The maximum atomic E-state index is 12.2. The molecule has 0 unspecified atom stereocenters. The molecule has 2 atom stereocenters. The molecule has 0 spiro atoms. The van der Waals surface area contributed by atoms with Crippen LogP contribution in [0.4, 0.5) is 5.69 Å². The molecule has 1 aromatic rings. The lowest BCUT2D eigenvalue weighted by Gasteiger charge is -2.16. The zero-order valence-corrected chi connectivity index (χ0v) is 12.0. The van der Waals surface area contributed by atoms with Crippen molar-refractivity contribution in [1.82, 2.24) is 5.32 Å². The lowest BCUT2D eigenvalue weighted by Crippen LogP contribution is -2.28. The Morgan fingerprint density at radius 2 is 2.00 bits per heavy atom. The van der Waals surface area contributed by atoms with Crippen molar-refractivity contribution < 1.29 is 14.7 Å². The van der Waals surface area contributed by atoms with Gasteiger partial charge in [0, 0.05) is 12.2 Å². The first-order valence-corrected chi connectivity index (χ1v) is 6.76. The smallest absolute Gasteiger partial charge is 0.336 e. The Kier molecular flexibility index (Phi) is 4.09. The highest BCUT2D eigenvalue weighted by Gasteiger charge is 2.29. The van der Waals surface area contributed by atoms with Crippen LogP contribution in [0.1, 0.15) is 28.4 Å². The molecular formula is C15H20N2O3. The maximum absolute atomic E-state index is 12.2. The summed E-state index contributed by atoms with van der Waals surface area (Å²) >= 11 is 0. The fourth-order valence-corrected chi connectivity index (χ4v) is 2.55. The van der Waals surface area contributed by atoms with Crippen LogP contribution < -0.4 is 10.6 Å². The Morgan fingerprint density at radius 1 is 1.30 bits per heavy atom. The summed E-state index contributed by atoms with van der Waals surface area (Å²) in [6.07, 6.45) is 0. The number of carbonyl (C=O) groups excluding carboxylic acids is 1. The summed E-state index contributed by atoms with van der Waals surface area (Å²) in [5.74, 6) is -0.801. The Hall–Kier alpha value is -1.88. The highest BCUT2D eigenvalue weighted by Crippen LogP contribution is 2.22. The molecule has 1 aromatic carbocycles. The van der Waals surface area contributed by atoms with Gasteiger partial charge >= 0.3 is 5.97 Å². The van der Waals surface area contributed by atoms with E-state index in [-0.39, 0.29) is 17.4 Å². The number of aryl methyl sites for hydroxylation is 1. The summed E-state index contributed by atoms with van der Waals surface area (Å²) in [4.78, 5) is 23.4. The average Bonchev–Trinajstić information content (AvgIpc) is 2.79. The molecule has 1 saturated heterocycles. The molecule has 0 bridgehead atoms. The van der Waals surface area contributed by atoms with Crippen LogP contribution in [0.2, 0.25) is 0 Å². The molecule has 3 N–H and O–H groups in total. The van der Waals surface area contributed by atoms with Crippen molar-refractivity contribution in [2.24, 2.45) is 11.8 Å². The van der Waals surface area contributed by atoms with Crippen LogP contribution in [0.25, 0.3) is 0 Å². The van der Waals surface area contributed by atoms with Gasteiger partial charge in [-0.3, -0.25) is 4.79 Å². The third-order valence-electron chi connectivity index (χ3n) is 4.02. The first kappa shape index (κ1) is 14.5. The van der Waals surface area contributed by atoms with E-state index < -0.39 is 5.97 Å². The number of rotatable bonds is 3. The lowest BCUT2D eigenvalue weighted by molar-refractivity contribution is -0.120.